The Balaban J connectivity index is 2.48. The van der Waals surface area contributed by atoms with E-state index in [4.69, 9.17) is 0 Å². The van der Waals surface area contributed by atoms with Crippen LogP contribution in [0.25, 0.3) is 10.6 Å². The van der Waals surface area contributed by atoms with Crippen LogP contribution < -0.4 is 5.32 Å². The quantitative estimate of drug-likeness (QED) is 0.871. The highest BCUT2D eigenvalue weighted by molar-refractivity contribution is 9.10. The Hall–Kier alpha value is -0.780. The van der Waals surface area contributed by atoms with Crippen molar-refractivity contribution in [2.24, 2.45) is 0 Å². The number of halogens is 2. The SMILES string of the molecule is CCCc1nc(-c2c(F)cccc2Br)sc1CNC. The van der Waals surface area contributed by atoms with E-state index in [0.717, 1.165) is 34.6 Å². The molecule has 1 heterocycles. The van der Waals surface area contributed by atoms with E-state index in [1.165, 1.54) is 10.9 Å². The normalized spacial score (nSPS) is 10.9. The molecule has 0 unspecified atom stereocenters. The highest BCUT2D eigenvalue weighted by atomic mass is 79.9. The largest absolute Gasteiger partial charge is 0.315 e. The molecule has 0 bridgehead atoms. The molecule has 0 fully saturated rings. The number of aromatic nitrogens is 1. The molecule has 0 aliphatic carbocycles. The van der Waals surface area contributed by atoms with Gasteiger partial charge in [-0.25, -0.2) is 9.37 Å². The second-order valence-electron chi connectivity index (χ2n) is 4.27. The molecule has 1 aromatic carbocycles. The summed E-state index contributed by atoms with van der Waals surface area (Å²) in [6.45, 7) is 2.90. The van der Waals surface area contributed by atoms with E-state index in [1.807, 2.05) is 13.1 Å². The molecule has 2 aromatic rings. The number of benzene rings is 1. The summed E-state index contributed by atoms with van der Waals surface area (Å²) in [7, 11) is 1.91. The van der Waals surface area contributed by atoms with E-state index in [-0.39, 0.29) is 5.82 Å². The van der Waals surface area contributed by atoms with Crippen LogP contribution in [0.3, 0.4) is 0 Å². The number of hydrogen-bond donors (Lipinski definition) is 1. The van der Waals surface area contributed by atoms with Gasteiger partial charge >= 0.3 is 0 Å². The standard InChI is InChI=1S/C14H16BrFN2S/c1-3-5-11-12(8-17-2)19-14(18-11)13-9(15)6-4-7-10(13)16/h4,6-7,17H,3,5,8H2,1-2H3. The van der Waals surface area contributed by atoms with E-state index >= 15 is 0 Å². The summed E-state index contributed by atoms with van der Waals surface area (Å²) < 4.78 is 14.7. The number of aryl methyl sites for hydroxylation is 1. The Bertz CT molecular complexity index is 525. The number of hydrogen-bond acceptors (Lipinski definition) is 3. The lowest BCUT2D eigenvalue weighted by Gasteiger charge is -2.01. The molecule has 0 aliphatic rings. The zero-order valence-corrected chi connectivity index (χ0v) is 13.4. The average Bonchev–Trinajstić information content (AvgIpc) is 2.73. The van der Waals surface area contributed by atoms with Crippen LogP contribution in [0.5, 0.6) is 0 Å². The average molecular weight is 343 g/mol. The van der Waals surface area contributed by atoms with Gasteiger partial charge in [0.2, 0.25) is 0 Å². The summed E-state index contributed by atoms with van der Waals surface area (Å²) in [5.41, 5.74) is 1.64. The Morgan fingerprint density at radius 3 is 2.84 bits per heavy atom. The summed E-state index contributed by atoms with van der Waals surface area (Å²) in [4.78, 5) is 5.81. The molecule has 0 atom stereocenters. The summed E-state index contributed by atoms with van der Waals surface area (Å²) in [5.74, 6) is -0.234. The van der Waals surface area contributed by atoms with Crippen LogP contribution in [-0.4, -0.2) is 12.0 Å². The fraction of sp³-hybridized carbons (Fsp3) is 0.357. The van der Waals surface area contributed by atoms with Gasteiger partial charge in [-0.3, -0.25) is 0 Å². The third-order valence-electron chi connectivity index (χ3n) is 2.78. The van der Waals surface area contributed by atoms with Crippen LogP contribution >= 0.6 is 27.3 Å². The molecule has 102 valence electrons. The summed E-state index contributed by atoms with van der Waals surface area (Å²) in [6, 6.07) is 5.01. The molecule has 0 saturated heterocycles. The van der Waals surface area contributed by atoms with Crippen LogP contribution in [0, 0.1) is 5.82 Å². The second kappa shape index (κ2) is 6.59. The number of nitrogens with zero attached hydrogens (tertiary/aromatic N) is 1. The van der Waals surface area contributed by atoms with Crippen molar-refractivity contribution in [3.63, 3.8) is 0 Å². The van der Waals surface area contributed by atoms with Gasteiger partial charge in [0, 0.05) is 15.9 Å². The summed E-state index contributed by atoms with van der Waals surface area (Å²) in [5, 5.41) is 3.89. The molecule has 19 heavy (non-hydrogen) atoms. The van der Waals surface area contributed by atoms with Crippen molar-refractivity contribution in [3.8, 4) is 10.6 Å². The smallest absolute Gasteiger partial charge is 0.134 e. The molecule has 1 aromatic heterocycles. The maximum absolute atomic E-state index is 14.0. The van der Waals surface area contributed by atoms with Gasteiger partial charge in [0.1, 0.15) is 10.8 Å². The zero-order chi connectivity index (χ0) is 13.8. The molecular weight excluding hydrogens is 327 g/mol. The van der Waals surface area contributed by atoms with Crippen LogP contribution in [-0.2, 0) is 13.0 Å². The lowest BCUT2D eigenvalue weighted by molar-refractivity contribution is 0.630. The van der Waals surface area contributed by atoms with Crippen molar-refractivity contribution in [1.82, 2.24) is 10.3 Å². The minimum absolute atomic E-state index is 0.234. The monoisotopic (exact) mass is 342 g/mol. The molecule has 2 nitrogen and oxygen atoms in total. The van der Waals surface area contributed by atoms with Crippen LogP contribution in [0.15, 0.2) is 22.7 Å². The van der Waals surface area contributed by atoms with Crippen LogP contribution in [0.2, 0.25) is 0 Å². The second-order valence-corrected chi connectivity index (χ2v) is 6.20. The highest BCUT2D eigenvalue weighted by Crippen LogP contribution is 2.35. The van der Waals surface area contributed by atoms with Gasteiger partial charge in [0.05, 0.1) is 11.3 Å². The van der Waals surface area contributed by atoms with E-state index in [0.29, 0.717) is 5.56 Å². The molecule has 0 aliphatic heterocycles. The van der Waals surface area contributed by atoms with Crippen molar-refractivity contribution in [2.75, 3.05) is 7.05 Å². The van der Waals surface area contributed by atoms with Crippen molar-refractivity contribution in [1.29, 1.82) is 0 Å². The fourth-order valence-electron chi connectivity index (χ4n) is 1.92. The molecule has 0 amide bonds. The van der Waals surface area contributed by atoms with E-state index < -0.39 is 0 Å². The van der Waals surface area contributed by atoms with E-state index in [2.05, 4.69) is 33.2 Å². The van der Waals surface area contributed by atoms with Crippen LogP contribution in [0.1, 0.15) is 23.9 Å². The van der Waals surface area contributed by atoms with E-state index in [9.17, 15) is 4.39 Å². The van der Waals surface area contributed by atoms with E-state index in [1.54, 1.807) is 17.4 Å². The predicted octanol–water partition coefficient (Wildman–Crippen LogP) is 4.38. The maximum Gasteiger partial charge on any atom is 0.134 e. The van der Waals surface area contributed by atoms with Crippen molar-refractivity contribution < 1.29 is 4.39 Å². The number of thiazole rings is 1. The lowest BCUT2D eigenvalue weighted by atomic mass is 10.2. The zero-order valence-electron chi connectivity index (χ0n) is 11.0. The van der Waals surface area contributed by atoms with Gasteiger partial charge in [0.25, 0.3) is 0 Å². The first-order valence-electron chi connectivity index (χ1n) is 6.25. The first kappa shape index (κ1) is 14.6. The van der Waals surface area contributed by atoms with Gasteiger partial charge in [-0.1, -0.05) is 19.4 Å². The fourth-order valence-corrected chi connectivity index (χ4v) is 3.76. The number of nitrogens with one attached hydrogen (secondary N) is 1. The minimum atomic E-state index is -0.234. The molecule has 1 N–H and O–H groups in total. The van der Waals surface area contributed by atoms with Crippen LogP contribution in [0.4, 0.5) is 4.39 Å². The first-order valence-corrected chi connectivity index (χ1v) is 7.85. The molecular formula is C14H16BrFN2S. The Labute approximate surface area is 125 Å². The maximum atomic E-state index is 14.0. The van der Waals surface area contributed by atoms with Gasteiger partial charge in [-0.2, -0.15) is 0 Å². The Morgan fingerprint density at radius 2 is 2.21 bits per heavy atom. The molecule has 2 rings (SSSR count). The Kier molecular flexibility index (Phi) is 5.07. The third-order valence-corrected chi connectivity index (χ3v) is 4.55. The van der Waals surface area contributed by atoms with Gasteiger partial charge in [0.15, 0.2) is 0 Å². The first-order chi connectivity index (χ1) is 9.17. The minimum Gasteiger partial charge on any atom is -0.315 e. The molecule has 0 saturated carbocycles. The third kappa shape index (κ3) is 3.22. The predicted molar refractivity (Wildman–Crippen MR) is 82.0 cm³/mol. The van der Waals surface area contributed by atoms with Crippen molar-refractivity contribution in [3.05, 3.63) is 39.1 Å². The van der Waals surface area contributed by atoms with Gasteiger partial charge in [-0.05, 0) is 41.5 Å². The van der Waals surface area contributed by atoms with Gasteiger partial charge < -0.3 is 5.32 Å². The summed E-state index contributed by atoms with van der Waals surface area (Å²) >= 11 is 4.97. The van der Waals surface area contributed by atoms with Gasteiger partial charge in [-0.15, -0.1) is 11.3 Å². The topological polar surface area (TPSA) is 24.9 Å². The molecule has 0 spiro atoms. The Morgan fingerprint density at radius 1 is 1.42 bits per heavy atom. The molecule has 0 radical (unpaired) electrons. The lowest BCUT2D eigenvalue weighted by Crippen LogP contribution is -2.05. The van der Waals surface area contributed by atoms with Crippen molar-refractivity contribution >= 4 is 27.3 Å². The van der Waals surface area contributed by atoms with Crippen molar-refractivity contribution in [2.45, 2.75) is 26.3 Å². The summed E-state index contributed by atoms with van der Waals surface area (Å²) in [6.07, 6.45) is 1.97. The molecule has 5 heteroatoms. The highest BCUT2D eigenvalue weighted by Gasteiger charge is 2.16. The number of rotatable bonds is 5.